The molecule has 0 aliphatic carbocycles. The van der Waals surface area contributed by atoms with Crippen LogP contribution >= 0.6 is 7.92 Å². The summed E-state index contributed by atoms with van der Waals surface area (Å²) in [4.78, 5) is 2.15. The SMILES string of the molecule is CC1(C)O[B]OC1(C)C.CN(C)c1ccc(P(C(C)(C)C)C(C)(C)C)cc1. The Balaban J connectivity index is 0.000000337. The summed E-state index contributed by atoms with van der Waals surface area (Å²) in [5.41, 5.74) is 0.900. The molecule has 0 unspecified atom stereocenters. The van der Waals surface area contributed by atoms with Crippen LogP contribution in [0, 0.1) is 0 Å². The Bertz CT molecular complexity index is 570. The zero-order valence-corrected chi connectivity index (χ0v) is 20.5. The summed E-state index contributed by atoms with van der Waals surface area (Å²) in [6, 6.07) is 9.11. The zero-order chi connectivity index (χ0) is 21.3. The molecule has 0 amide bonds. The van der Waals surface area contributed by atoms with Gasteiger partial charge in [-0.2, -0.15) is 0 Å². The fourth-order valence-electron chi connectivity index (χ4n) is 3.23. The normalized spacial score (nSPS) is 18.6. The van der Waals surface area contributed by atoms with E-state index in [4.69, 9.17) is 9.31 Å². The van der Waals surface area contributed by atoms with Gasteiger partial charge in [0.15, 0.2) is 0 Å². The van der Waals surface area contributed by atoms with Crippen LogP contribution in [-0.2, 0) is 9.31 Å². The number of anilines is 1. The first kappa shape index (κ1) is 24.5. The highest BCUT2D eigenvalue weighted by atomic mass is 31.1. The van der Waals surface area contributed by atoms with E-state index in [0.717, 1.165) is 0 Å². The van der Waals surface area contributed by atoms with Crippen LogP contribution in [-0.4, -0.2) is 43.3 Å². The van der Waals surface area contributed by atoms with Gasteiger partial charge in [0.1, 0.15) is 0 Å². The van der Waals surface area contributed by atoms with Gasteiger partial charge >= 0.3 is 7.69 Å². The largest absolute Gasteiger partial charge is 0.488 e. The maximum Gasteiger partial charge on any atom is 0.488 e. The van der Waals surface area contributed by atoms with Crippen molar-refractivity contribution in [2.75, 3.05) is 19.0 Å². The number of hydrogen-bond donors (Lipinski definition) is 0. The lowest BCUT2D eigenvalue weighted by Gasteiger charge is -2.41. The predicted octanol–water partition coefficient (Wildman–Crippen LogP) is 5.58. The summed E-state index contributed by atoms with van der Waals surface area (Å²) >= 11 is 0. The quantitative estimate of drug-likeness (QED) is 0.484. The Kier molecular flexibility index (Phi) is 7.64. The van der Waals surface area contributed by atoms with Gasteiger partial charge in [-0.15, -0.1) is 0 Å². The van der Waals surface area contributed by atoms with E-state index in [1.54, 1.807) is 0 Å². The highest BCUT2D eigenvalue weighted by Crippen LogP contribution is 2.58. The molecule has 1 aromatic carbocycles. The standard InChI is InChI=1S/C16H28NP.C6H12BO2/c1-15(2,3)18(16(4,5)6)14-11-9-13(10-12-14)17(7)8;1-5(2)6(3,4)9-7-8-5/h9-12H,1-8H3;1-4H3. The van der Waals surface area contributed by atoms with Gasteiger partial charge in [-0.25, -0.2) is 0 Å². The average Bonchev–Trinajstić information content (AvgIpc) is 2.68. The number of benzene rings is 1. The van der Waals surface area contributed by atoms with Crippen LogP contribution < -0.4 is 10.2 Å². The molecule has 1 heterocycles. The van der Waals surface area contributed by atoms with Crippen LogP contribution in [0.3, 0.4) is 0 Å². The second-order valence-electron chi connectivity index (χ2n) is 10.4. The van der Waals surface area contributed by atoms with Crippen molar-refractivity contribution in [1.29, 1.82) is 0 Å². The van der Waals surface area contributed by atoms with Crippen molar-refractivity contribution in [1.82, 2.24) is 0 Å². The number of hydrogen-bond acceptors (Lipinski definition) is 3. The number of nitrogens with zero attached hydrogens (tertiary/aromatic N) is 1. The van der Waals surface area contributed by atoms with E-state index >= 15 is 0 Å². The van der Waals surface area contributed by atoms with Crippen LogP contribution in [0.2, 0.25) is 0 Å². The summed E-state index contributed by atoms with van der Waals surface area (Å²) in [6.07, 6.45) is 0. The lowest BCUT2D eigenvalue weighted by Crippen LogP contribution is -2.41. The van der Waals surface area contributed by atoms with Crippen molar-refractivity contribution in [2.45, 2.75) is 90.8 Å². The maximum absolute atomic E-state index is 5.21. The van der Waals surface area contributed by atoms with Crippen molar-refractivity contribution in [3.05, 3.63) is 24.3 Å². The molecule has 1 saturated heterocycles. The first-order chi connectivity index (χ1) is 12.0. The monoisotopic (exact) mass is 392 g/mol. The minimum Gasteiger partial charge on any atom is -0.405 e. The van der Waals surface area contributed by atoms with Crippen molar-refractivity contribution in [3.8, 4) is 0 Å². The predicted molar refractivity (Wildman–Crippen MR) is 123 cm³/mol. The second kappa shape index (κ2) is 8.43. The molecule has 1 aliphatic heterocycles. The van der Waals surface area contributed by atoms with Gasteiger partial charge in [0.25, 0.3) is 0 Å². The molecule has 1 aliphatic rings. The summed E-state index contributed by atoms with van der Waals surface area (Å²) in [5.74, 6) is 0. The van der Waals surface area contributed by atoms with E-state index < -0.39 is 0 Å². The van der Waals surface area contributed by atoms with Gasteiger partial charge in [-0.05, 0) is 55.4 Å². The Morgan fingerprint density at radius 2 is 1.15 bits per heavy atom. The van der Waals surface area contributed by atoms with Gasteiger partial charge in [-0.1, -0.05) is 61.6 Å². The van der Waals surface area contributed by atoms with Gasteiger partial charge in [0.05, 0.1) is 11.2 Å². The Morgan fingerprint density at radius 1 is 0.778 bits per heavy atom. The van der Waals surface area contributed by atoms with Crippen LogP contribution in [0.5, 0.6) is 0 Å². The third-order valence-electron chi connectivity index (χ3n) is 5.10. The maximum atomic E-state index is 5.21. The lowest BCUT2D eigenvalue weighted by molar-refractivity contribution is 0.00578. The molecule has 1 radical (unpaired) electrons. The van der Waals surface area contributed by atoms with Crippen LogP contribution in [0.25, 0.3) is 0 Å². The first-order valence-corrected chi connectivity index (χ1v) is 11.1. The van der Waals surface area contributed by atoms with E-state index in [-0.39, 0.29) is 19.1 Å². The molecule has 0 saturated carbocycles. The lowest BCUT2D eigenvalue weighted by atomic mass is 9.90. The van der Waals surface area contributed by atoms with Crippen molar-refractivity contribution >= 4 is 26.6 Å². The Hall–Kier alpha value is -0.565. The molecule has 5 heteroatoms. The number of rotatable bonds is 2. The topological polar surface area (TPSA) is 21.7 Å². The minimum absolute atomic E-state index is 0.187. The fourth-order valence-corrected chi connectivity index (χ4v) is 7.24. The molecule has 153 valence electrons. The van der Waals surface area contributed by atoms with Gasteiger partial charge in [0.2, 0.25) is 0 Å². The van der Waals surface area contributed by atoms with Crippen molar-refractivity contribution < 1.29 is 9.31 Å². The van der Waals surface area contributed by atoms with Gasteiger partial charge in [0, 0.05) is 19.8 Å². The molecule has 27 heavy (non-hydrogen) atoms. The molecule has 2 rings (SSSR count). The Labute approximate surface area is 170 Å². The van der Waals surface area contributed by atoms with E-state index in [1.807, 2.05) is 27.7 Å². The first-order valence-electron chi connectivity index (χ1n) is 9.74. The molecular weight excluding hydrogens is 352 g/mol. The molecule has 0 aromatic heterocycles. The van der Waals surface area contributed by atoms with E-state index in [2.05, 4.69) is 84.8 Å². The smallest absolute Gasteiger partial charge is 0.405 e. The molecular formula is C22H40BNO2P. The molecule has 1 fully saturated rings. The van der Waals surface area contributed by atoms with Crippen LogP contribution in [0.4, 0.5) is 5.69 Å². The Morgan fingerprint density at radius 3 is 1.37 bits per heavy atom. The minimum atomic E-state index is -0.188. The molecule has 1 aromatic rings. The molecule has 0 spiro atoms. The second-order valence-corrected chi connectivity index (χ2v) is 14.3. The van der Waals surface area contributed by atoms with E-state index in [0.29, 0.717) is 10.3 Å². The fraction of sp³-hybridized carbons (Fsp3) is 0.727. The van der Waals surface area contributed by atoms with E-state index in [1.165, 1.54) is 18.7 Å². The van der Waals surface area contributed by atoms with Crippen molar-refractivity contribution in [3.63, 3.8) is 0 Å². The molecule has 0 atom stereocenters. The van der Waals surface area contributed by atoms with Crippen LogP contribution in [0.1, 0.15) is 69.2 Å². The van der Waals surface area contributed by atoms with Crippen molar-refractivity contribution in [2.24, 2.45) is 0 Å². The molecule has 3 nitrogen and oxygen atoms in total. The summed E-state index contributed by atoms with van der Waals surface area (Å²) in [7, 11) is 5.41. The molecule has 0 N–H and O–H groups in total. The summed E-state index contributed by atoms with van der Waals surface area (Å²) in [5, 5.41) is 2.19. The third kappa shape index (κ3) is 6.48. The van der Waals surface area contributed by atoms with E-state index in [9.17, 15) is 0 Å². The average molecular weight is 392 g/mol. The summed E-state index contributed by atoms with van der Waals surface area (Å²) < 4.78 is 10.4. The highest BCUT2D eigenvalue weighted by molar-refractivity contribution is 7.68. The summed E-state index contributed by atoms with van der Waals surface area (Å²) in [6.45, 7) is 22.2. The van der Waals surface area contributed by atoms with Gasteiger partial charge < -0.3 is 14.2 Å². The zero-order valence-electron chi connectivity index (χ0n) is 19.6. The van der Waals surface area contributed by atoms with Crippen LogP contribution in [0.15, 0.2) is 24.3 Å². The third-order valence-corrected chi connectivity index (χ3v) is 8.60. The van der Waals surface area contributed by atoms with Gasteiger partial charge in [-0.3, -0.25) is 0 Å². The molecule has 0 bridgehead atoms. The highest BCUT2D eigenvalue weighted by Gasteiger charge is 2.44.